The number of rotatable bonds is 6. The lowest BCUT2D eigenvalue weighted by molar-refractivity contribution is -0.139. The quantitative estimate of drug-likeness (QED) is 0.529. The summed E-state index contributed by atoms with van der Waals surface area (Å²) in [6, 6.07) is 1.74. The van der Waals surface area contributed by atoms with Crippen LogP contribution in [0.1, 0.15) is 12.8 Å². The fourth-order valence-corrected chi connectivity index (χ4v) is 2.06. The van der Waals surface area contributed by atoms with Gasteiger partial charge >= 0.3 is 12.0 Å². The molecular formula is C12H13FIN3O4. The maximum Gasteiger partial charge on any atom is 0.326 e. The number of urea groups is 1. The van der Waals surface area contributed by atoms with Crippen LogP contribution in [0.3, 0.4) is 0 Å². The molecule has 0 heterocycles. The molecule has 5 N–H and O–H groups in total. The Kier molecular flexibility index (Phi) is 6.34. The Morgan fingerprint density at radius 3 is 2.57 bits per heavy atom. The van der Waals surface area contributed by atoms with E-state index in [0.29, 0.717) is 9.26 Å². The first-order valence-corrected chi connectivity index (χ1v) is 6.91. The van der Waals surface area contributed by atoms with E-state index >= 15 is 0 Å². The summed E-state index contributed by atoms with van der Waals surface area (Å²) in [6.07, 6.45) is -0.274. The van der Waals surface area contributed by atoms with Gasteiger partial charge in [-0.3, -0.25) is 4.79 Å². The van der Waals surface area contributed by atoms with Crippen molar-refractivity contribution in [1.29, 1.82) is 0 Å². The lowest BCUT2D eigenvalue weighted by atomic mass is 10.1. The number of anilines is 1. The highest BCUT2D eigenvalue weighted by molar-refractivity contribution is 14.1. The second-order valence-electron chi connectivity index (χ2n) is 4.12. The zero-order valence-electron chi connectivity index (χ0n) is 10.7. The molecule has 0 aliphatic carbocycles. The maximum absolute atomic E-state index is 12.9. The monoisotopic (exact) mass is 409 g/mol. The van der Waals surface area contributed by atoms with E-state index in [2.05, 4.69) is 10.6 Å². The van der Waals surface area contributed by atoms with Crippen LogP contribution in [0.4, 0.5) is 14.9 Å². The fourth-order valence-electron chi connectivity index (χ4n) is 1.45. The standard InChI is InChI=1S/C12H13FIN3O4/c13-6-1-2-8(7(14)5-6)16-12(21)17-9(11(19)20)3-4-10(15)18/h1-2,5,9H,3-4H2,(H2,15,18)(H,19,20)(H2,16,17,21). The van der Waals surface area contributed by atoms with Crippen molar-refractivity contribution < 1.29 is 23.9 Å². The van der Waals surface area contributed by atoms with E-state index in [-0.39, 0.29) is 12.8 Å². The van der Waals surface area contributed by atoms with Crippen molar-refractivity contribution in [3.8, 4) is 0 Å². The Morgan fingerprint density at radius 2 is 2.05 bits per heavy atom. The van der Waals surface area contributed by atoms with Gasteiger partial charge in [-0.1, -0.05) is 0 Å². The SMILES string of the molecule is NC(=O)CCC(NC(=O)Nc1ccc(F)cc1I)C(=O)O. The number of aliphatic carboxylic acids is 1. The number of halogens is 2. The van der Waals surface area contributed by atoms with Crippen LogP contribution in [0.25, 0.3) is 0 Å². The molecular weight excluding hydrogens is 396 g/mol. The zero-order valence-corrected chi connectivity index (χ0v) is 12.9. The summed E-state index contributed by atoms with van der Waals surface area (Å²) in [5.74, 6) is -2.38. The van der Waals surface area contributed by atoms with E-state index in [4.69, 9.17) is 10.8 Å². The highest BCUT2D eigenvalue weighted by Gasteiger charge is 2.20. The second kappa shape index (κ2) is 7.76. The minimum Gasteiger partial charge on any atom is -0.480 e. The third-order valence-electron chi connectivity index (χ3n) is 2.46. The summed E-state index contributed by atoms with van der Waals surface area (Å²) in [7, 11) is 0. The van der Waals surface area contributed by atoms with Crippen LogP contribution in [-0.2, 0) is 9.59 Å². The van der Waals surface area contributed by atoms with Crippen LogP contribution in [0, 0.1) is 9.39 Å². The molecule has 7 nitrogen and oxygen atoms in total. The number of nitrogens with one attached hydrogen (secondary N) is 2. The van der Waals surface area contributed by atoms with Gasteiger partial charge in [-0.2, -0.15) is 0 Å². The number of carboxylic acid groups (broad SMARTS) is 1. The number of nitrogens with two attached hydrogens (primary N) is 1. The molecule has 0 saturated carbocycles. The number of amides is 3. The van der Waals surface area contributed by atoms with Crippen molar-refractivity contribution in [1.82, 2.24) is 5.32 Å². The summed E-state index contributed by atoms with van der Waals surface area (Å²) in [5.41, 5.74) is 5.27. The molecule has 114 valence electrons. The normalized spacial score (nSPS) is 11.5. The average Bonchev–Trinajstić information content (AvgIpc) is 2.37. The van der Waals surface area contributed by atoms with Gasteiger partial charge < -0.3 is 21.5 Å². The van der Waals surface area contributed by atoms with Gasteiger partial charge in [0.05, 0.1) is 5.69 Å². The number of carboxylic acids is 1. The molecule has 21 heavy (non-hydrogen) atoms. The van der Waals surface area contributed by atoms with Crippen LogP contribution in [0.2, 0.25) is 0 Å². The predicted octanol–water partition coefficient (Wildman–Crippen LogP) is 1.27. The number of carbonyl (C=O) groups excluding carboxylic acids is 2. The van der Waals surface area contributed by atoms with Crippen LogP contribution in [0.5, 0.6) is 0 Å². The number of benzene rings is 1. The molecule has 1 unspecified atom stereocenters. The fraction of sp³-hybridized carbons (Fsp3) is 0.250. The predicted molar refractivity (Wildman–Crippen MR) is 81.1 cm³/mol. The topological polar surface area (TPSA) is 122 Å². The highest BCUT2D eigenvalue weighted by Crippen LogP contribution is 2.18. The Bertz CT molecular complexity index is 567. The molecule has 9 heteroatoms. The third-order valence-corrected chi connectivity index (χ3v) is 3.35. The maximum atomic E-state index is 12.9. The van der Waals surface area contributed by atoms with Gasteiger partial charge in [-0.05, 0) is 47.2 Å². The number of hydrogen-bond acceptors (Lipinski definition) is 3. The summed E-state index contributed by atoms with van der Waals surface area (Å²) in [6.45, 7) is 0. The van der Waals surface area contributed by atoms with Gasteiger partial charge in [0.2, 0.25) is 5.91 Å². The lowest BCUT2D eigenvalue weighted by Crippen LogP contribution is -2.43. The largest absolute Gasteiger partial charge is 0.480 e. The van der Waals surface area contributed by atoms with Gasteiger partial charge in [0, 0.05) is 9.99 Å². The van der Waals surface area contributed by atoms with Crippen molar-refractivity contribution >= 4 is 46.2 Å². The van der Waals surface area contributed by atoms with Crippen LogP contribution in [0.15, 0.2) is 18.2 Å². The molecule has 0 aliphatic heterocycles. The molecule has 0 aromatic heterocycles. The molecule has 1 atom stereocenters. The Morgan fingerprint density at radius 1 is 1.38 bits per heavy atom. The number of hydrogen-bond donors (Lipinski definition) is 4. The minimum atomic E-state index is -1.28. The molecule has 1 aromatic rings. The van der Waals surface area contributed by atoms with E-state index < -0.39 is 29.8 Å². The van der Waals surface area contributed by atoms with E-state index in [1.54, 1.807) is 0 Å². The molecule has 3 amide bonds. The van der Waals surface area contributed by atoms with Crippen molar-refractivity contribution in [2.75, 3.05) is 5.32 Å². The van der Waals surface area contributed by atoms with Crippen LogP contribution in [-0.4, -0.2) is 29.1 Å². The van der Waals surface area contributed by atoms with Crippen molar-refractivity contribution in [2.45, 2.75) is 18.9 Å². The van der Waals surface area contributed by atoms with Crippen molar-refractivity contribution in [2.24, 2.45) is 5.73 Å². The van der Waals surface area contributed by atoms with Gasteiger partial charge in [0.1, 0.15) is 11.9 Å². The van der Waals surface area contributed by atoms with Gasteiger partial charge in [0.15, 0.2) is 0 Å². The van der Waals surface area contributed by atoms with Gasteiger partial charge in [0.25, 0.3) is 0 Å². The average molecular weight is 409 g/mol. The molecule has 0 spiro atoms. The van der Waals surface area contributed by atoms with Crippen LogP contribution >= 0.6 is 22.6 Å². The summed E-state index contributed by atoms with van der Waals surface area (Å²) in [5, 5.41) is 13.6. The van der Waals surface area contributed by atoms with E-state index in [9.17, 15) is 18.8 Å². The molecule has 1 rings (SSSR count). The molecule has 0 fully saturated rings. The summed E-state index contributed by atoms with van der Waals surface area (Å²) in [4.78, 5) is 33.3. The smallest absolute Gasteiger partial charge is 0.326 e. The molecule has 0 bridgehead atoms. The lowest BCUT2D eigenvalue weighted by Gasteiger charge is -2.15. The number of carbonyl (C=O) groups is 3. The Labute approximate surface area is 133 Å². The van der Waals surface area contributed by atoms with E-state index in [1.165, 1.54) is 18.2 Å². The highest BCUT2D eigenvalue weighted by atomic mass is 127. The molecule has 0 radical (unpaired) electrons. The van der Waals surface area contributed by atoms with Gasteiger partial charge in [-0.15, -0.1) is 0 Å². The summed E-state index contributed by atoms with van der Waals surface area (Å²) < 4.78 is 13.4. The number of primary amides is 1. The second-order valence-corrected chi connectivity index (χ2v) is 5.28. The summed E-state index contributed by atoms with van der Waals surface area (Å²) >= 11 is 1.83. The van der Waals surface area contributed by atoms with Crippen LogP contribution < -0.4 is 16.4 Å². The minimum absolute atomic E-state index is 0.113. The van der Waals surface area contributed by atoms with E-state index in [1.807, 2.05) is 22.6 Å². The van der Waals surface area contributed by atoms with Gasteiger partial charge in [-0.25, -0.2) is 14.0 Å². The first kappa shape index (κ1) is 17.1. The van der Waals surface area contributed by atoms with Crippen molar-refractivity contribution in [3.05, 3.63) is 27.6 Å². The zero-order chi connectivity index (χ0) is 16.0. The molecule has 1 aromatic carbocycles. The van der Waals surface area contributed by atoms with E-state index in [0.717, 1.165) is 0 Å². The first-order chi connectivity index (χ1) is 9.79. The Hall–Kier alpha value is -1.91. The first-order valence-electron chi connectivity index (χ1n) is 5.83. The molecule has 0 saturated heterocycles. The Balaban J connectivity index is 2.65. The third kappa shape index (κ3) is 5.94. The van der Waals surface area contributed by atoms with Crippen molar-refractivity contribution in [3.63, 3.8) is 0 Å². The molecule has 0 aliphatic rings.